The smallest absolute Gasteiger partial charge is 0.274 e. The van der Waals surface area contributed by atoms with E-state index < -0.39 is 5.91 Å². The molecule has 0 fully saturated rings. The molecule has 3 rings (SSSR count). The number of nitriles is 1. The van der Waals surface area contributed by atoms with E-state index in [1.165, 1.54) is 0 Å². The number of hydrogen-bond acceptors (Lipinski definition) is 5. The van der Waals surface area contributed by atoms with Gasteiger partial charge in [0.2, 0.25) is 0 Å². The minimum atomic E-state index is -0.396. The van der Waals surface area contributed by atoms with Crippen LogP contribution in [0.3, 0.4) is 0 Å². The molecular weight excluding hydrogens is 338 g/mol. The minimum Gasteiger partial charge on any atom is -0.340 e. The third-order valence-electron chi connectivity index (χ3n) is 4.02. The highest BCUT2D eigenvalue weighted by Crippen LogP contribution is 2.22. The zero-order valence-corrected chi connectivity index (χ0v) is 15.4. The molecule has 1 amide bonds. The van der Waals surface area contributed by atoms with Crippen LogP contribution in [-0.2, 0) is 0 Å². The van der Waals surface area contributed by atoms with E-state index in [4.69, 9.17) is 5.26 Å². The molecule has 1 aromatic heterocycles. The van der Waals surface area contributed by atoms with Crippen molar-refractivity contribution in [3.8, 4) is 6.07 Å². The number of nitrogens with zero attached hydrogens (tertiary/aromatic N) is 3. The predicted octanol–water partition coefficient (Wildman–Crippen LogP) is 4.27. The summed E-state index contributed by atoms with van der Waals surface area (Å²) < 4.78 is 0. The zero-order valence-electron chi connectivity index (χ0n) is 15.4. The van der Waals surface area contributed by atoms with Gasteiger partial charge in [0.15, 0.2) is 0 Å². The molecule has 1 heterocycles. The van der Waals surface area contributed by atoms with E-state index in [1.807, 2.05) is 32.0 Å². The Morgan fingerprint density at radius 2 is 1.78 bits per heavy atom. The van der Waals surface area contributed by atoms with Crippen molar-refractivity contribution in [1.82, 2.24) is 9.97 Å². The van der Waals surface area contributed by atoms with Gasteiger partial charge in [-0.3, -0.25) is 4.79 Å². The summed E-state index contributed by atoms with van der Waals surface area (Å²) >= 11 is 0. The highest BCUT2D eigenvalue weighted by Gasteiger charge is 2.13. The van der Waals surface area contributed by atoms with Crippen molar-refractivity contribution < 1.29 is 4.79 Å². The van der Waals surface area contributed by atoms with Crippen molar-refractivity contribution in [2.24, 2.45) is 0 Å². The van der Waals surface area contributed by atoms with Gasteiger partial charge in [0.05, 0.1) is 11.3 Å². The highest BCUT2D eigenvalue weighted by molar-refractivity contribution is 6.04. The molecule has 6 nitrogen and oxygen atoms in total. The Kier molecular flexibility index (Phi) is 5.13. The first kappa shape index (κ1) is 18.1. The molecule has 0 spiro atoms. The fourth-order valence-electron chi connectivity index (χ4n) is 2.63. The van der Waals surface area contributed by atoms with E-state index in [2.05, 4.69) is 26.7 Å². The fourth-order valence-corrected chi connectivity index (χ4v) is 2.63. The van der Waals surface area contributed by atoms with E-state index in [9.17, 15) is 4.79 Å². The number of anilines is 3. The lowest BCUT2D eigenvalue weighted by Crippen LogP contribution is -2.16. The molecule has 0 atom stereocenters. The molecule has 6 heteroatoms. The molecule has 0 aliphatic heterocycles. The average molecular weight is 357 g/mol. The highest BCUT2D eigenvalue weighted by atomic mass is 16.1. The lowest BCUT2D eigenvalue weighted by atomic mass is 10.1. The number of aryl methyl sites for hydroxylation is 3. The Hall–Kier alpha value is -3.72. The molecule has 3 aromatic rings. The number of carbonyl (C=O) groups is 1. The van der Waals surface area contributed by atoms with Crippen LogP contribution in [0.4, 0.5) is 17.2 Å². The van der Waals surface area contributed by atoms with Crippen LogP contribution in [0.1, 0.15) is 33.0 Å². The number of rotatable bonds is 4. The zero-order chi connectivity index (χ0) is 19.4. The van der Waals surface area contributed by atoms with E-state index in [1.54, 1.807) is 37.3 Å². The molecule has 0 saturated carbocycles. The summed E-state index contributed by atoms with van der Waals surface area (Å²) in [5.41, 5.74) is 4.19. The van der Waals surface area contributed by atoms with Crippen LogP contribution in [0.5, 0.6) is 0 Å². The van der Waals surface area contributed by atoms with Crippen LogP contribution in [0.2, 0.25) is 0 Å². The van der Waals surface area contributed by atoms with E-state index >= 15 is 0 Å². The number of amides is 1. The standard InChI is InChI=1S/C21H19N5O/c1-13-8-9-14(2)18(10-13)25-20-11-19(23-15(3)24-20)21(27)26-17-7-5-4-6-16(17)12-22/h4-11H,1-3H3,(H,26,27)(H,23,24,25). The summed E-state index contributed by atoms with van der Waals surface area (Å²) in [5, 5.41) is 15.2. The molecule has 0 radical (unpaired) electrons. The maximum absolute atomic E-state index is 12.6. The molecule has 0 bridgehead atoms. The fraction of sp³-hybridized carbons (Fsp3) is 0.143. The van der Waals surface area contributed by atoms with Gasteiger partial charge in [-0.1, -0.05) is 24.3 Å². The van der Waals surface area contributed by atoms with Gasteiger partial charge in [0, 0.05) is 11.8 Å². The summed E-state index contributed by atoms with van der Waals surface area (Å²) in [4.78, 5) is 21.2. The predicted molar refractivity (Wildman–Crippen MR) is 105 cm³/mol. The summed E-state index contributed by atoms with van der Waals surface area (Å²) in [7, 11) is 0. The maximum Gasteiger partial charge on any atom is 0.274 e. The van der Waals surface area contributed by atoms with Crippen LogP contribution in [0.15, 0.2) is 48.5 Å². The second kappa shape index (κ2) is 7.67. The average Bonchev–Trinajstić information content (AvgIpc) is 2.64. The van der Waals surface area contributed by atoms with Gasteiger partial charge in [0.25, 0.3) is 5.91 Å². The van der Waals surface area contributed by atoms with Crippen LogP contribution < -0.4 is 10.6 Å². The molecule has 2 N–H and O–H groups in total. The maximum atomic E-state index is 12.6. The van der Waals surface area contributed by atoms with Gasteiger partial charge in [0.1, 0.15) is 23.4 Å². The number of hydrogen-bond donors (Lipinski definition) is 2. The van der Waals surface area contributed by atoms with Crippen molar-refractivity contribution in [3.05, 3.63) is 76.7 Å². The topological polar surface area (TPSA) is 90.7 Å². The van der Waals surface area contributed by atoms with Crippen molar-refractivity contribution in [2.45, 2.75) is 20.8 Å². The molecule has 27 heavy (non-hydrogen) atoms. The van der Waals surface area contributed by atoms with Crippen LogP contribution in [0, 0.1) is 32.1 Å². The van der Waals surface area contributed by atoms with Gasteiger partial charge >= 0.3 is 0 Å². The van der Waals surface area contributed by atoms with Crippen LogP contribution >= 0.6 is 0 Å². The quantitative estimate of drug-likeness (QED) is 0.728. The minimum absolute atomic E-state index is 0.225. The monoisotopic (exact) mass is 357 g/mol. The van der Waals surface area contributed by atoms with Gasteiger partial charge in [-0.05, 0) is 50.1 Å². The van der Waals surface area contributed by atoms with Crippen molar-refractivity contribution in [1.29, 1.82) is 5.26 Å². The first-order chi connectivity index (χ1) is 13.0. The lowest BCUT2D eigenvalue weighted by molar-refractivity contribution is 0.102. The molecule has 0 aliphatic rings. The van der Waals surface area contributed by atoms with Crippen LogP contribution in [-0.4, -0.2) is 15.9 Å². The van der Waals surface area contributed by atoms with Gasteiger partial charge in [-0.15, -0.1) is 0 Å². The van der Waals surface area contributed by atoms with Gasteiger partial charge in [-0.25, -0.2) is 9.97 Å². The largest absolute Gasteiger partial charge is 0.340 e. The SMILES string of the molecule is Cc1ccc(C)c(Nc2cc(C(=O)Nc3ccccc3C#N)nc(C)n2)c1. The molecule has 0 unspecified atom stereocenters. The molecular formula is C21H19N5O. The Labute approximate surface area is 157 Å². The van der Waals surface area contributed by atoms with Crippen molar-refractivity contribution in [2.75, 3.05) is 10.6 Å². The third-order valence-corrected chi connectivity index (χ3v) is 4.02. The number of para-hydroxylation sites is 1. The number of nitrogens with one attached hydrogen (secondary N) is 2. The molecule has 0 saturated heterocycles. The van der Waals surface area contributed by atoms with Gasteiger partial charge < -0.3 is 10.6 Å². The normalized spacial score (nSPS) is 10.1. The van der Waals surface area contributed by atoms with Crippen LogP contribution in [0.25, 0.3) is 0 Å². The summed E-state index contributed by atoms with van der Waals surface area (Å²) in [6.45, 7) is 5.75. The summed E-state index contributed by atoms with van der Waals surface area (Å²) in [6.07, 6.45) is 0. The Morgan fingerprint density at radius 3 is 2.56 bits per heavy atom. The molecule has 2 aromatic carbocycles. The second-order valence-electron chi connectivity index (χ2n) is 6.24. The molecule has 0 aliphatic carbocycles. The van der Waals surface area contributed by atoms with Crippen molar-refractivity contribution >= 4 is 23.1 Å². The Bertz CT molecular complexity index is 1050. The number of carbonyl (C=O) groups excluding carboxylic acids is 1. The lowest BCUT2D eigenvalue weighted by Gasteiger charge is -2.12. The van der Waals surface area contributed by atoms with Gasteiger partial charge in [-0.2, -0.15) is 5.26 Å². The molecule has 134 valence electrons. The summed E-state index contributed by atoms with van der Waals surface area (Å²) in [5.74, 6) is 0.617. The first-order valence-electron chi connectivity index (χ1n) is 8.46. The number of aromatic nitrogens is 2. The Balaban J connectivity index is 1.88. The van der Waals surface area contributed by atoms with Crippen molar-refractivity contribution in [3.63, 3.8) is 0 Å². The second-order valence-corrected chi connectivity index (χ2v) is 6.24. The number of benzene rings is 2. The third kappa shape index (κ3) is 4.28. The first-order valence-corrected chi connectivity index (χ1v) is 8.46. The van der Waals surface area contributed by atoms with E-state index in [0.717, 1.165) is 16.8 Å². The Morgan fingerprint density at radius 1 is 1.00 bits per heavy atom. The summed E-state index contributed by atoms with van der Waals surface area (Å²) in [6, 6.07) is 16.6. The van der Waals surface area contributed by atoms with E-state index in [-0.39, 0.29) is 5.69 Å². The van der Waals surface area contributed by atoms with E-state index in [0.29, 0.717) is 22.9 Å².